The number of aryl methyl sites for hydroxylation is 1. The first kappa shape index (κ1) is 25.6. The van der Waals surface area contributed by atoms with E-state index in [1.165, 1.54) is 11.1 Å². The van der Waals surface area contributed by atoms with Crippen LogP contribution in [0, 0.1) is 0 Å². The van der Waals surface area contributed by atoms with Gasteiger partial charge in [0.15, 0.2) is 0 Å². The molecule has 0 spiro atoms. The lowest BCUT2D eigenvalue weighted by atomic mass is 10.00. The fourth-order valence-electron chi connectivity index (χ4n) is 3.80. The molecule has 4 nitrogen and oxygen atoms in total. The highest BCUT2D eigenvalue weighted by atomic mass is 16.2. The lowest BCUT2D eigenvalue weighted by molar-refractivity contribution is -0.141. The summed E-state index contributed by atoms with van der Waals surface area (Å²) in [7, 11) is 0. The van der Waals surface area contributed by atoms with Gasteiger partial charge in [0.1, 0.15) is 6.04 Å². The molecular formula is C28H40N2O2. The number of benzene rings is 2. The van der Waals surface area contributed by atoms with E-state index in [0.717, 1.165) is 18.4 Å². The number of carbonyl (C=O) groups is 2. The Kier molecular flexibility index (Phi) is 10.5. The van der Waals surface area contributed by atoms with Crippen molar-refractivity contribution >= 4 is 11.8 Å². The van der Waals surface area contributed by atoms with E-state index in [0.29, 0.717) is 31.7 Å². The molecule has 2 amide bonds. The number of nitrogens with one attached hydrogen (secondary N) is 1. The Morgan fingerprint density at radius 3 is 2.03 bits per heavy atom. The molecule has 0 unspecified atom stereocenters. The van der Waals surface area contributed by atoms with Crippen LogP contribution in [0.3, 0.4) is 0 Å². The summed E-state index contributed by atoms with van der Waals surface area (Å²) in [5.41, 5.74) is 3.63. The van der Waals surface area contributed by atoms with Crippen molar-refractivity contribution in [1.82, 2.24) is 10.2 Å². The lowest BCUT2D eigenvalue weighted by Gasteiger charge is -2.31. The Labute approximate surface area is 194 Å². The maximum Gasteiger partial charge on any atom is 0.243 e. The van der Waals surface area contributed by atoms with E-state index in [4.69, 9.17) is 0 Å². The second kappa shape index (κ2) is 13.0. The fraction of sp³-hybridized carbons (Fsp3) is 0.500. The minimum Gasteiger partial charge on any atom is -0.352 e. The monoisotopic (exact) mass is 436 g/mol. The lowest BCUT2D eigenvalue weighted by Crippen LogP contribution is -2.51. The SMILES string of the molecule is CC[C@@H](C)NC(=O)[C@H](CC)N(CCc1ccccc1)C(=O)CCc1ccc(C(C)C)cc1. The molecule has 4 heteroatoms. The van der Waals surface area contributed by atoms with E-state index < -0.39 is 6.04 Å². The van der Waals surface area contributed by atoms with E-state index in [-0.39, 0.29) is 17.9 Å². The summed E-state index contributed by atoms with van der Waals surface area (Å²) in [6, 6.07) is 18.3. The molecule has 0 aromatic heterocycles. The highest BCUT2D eigenvalue weighted by Crippen LogP contribution is 2.17. The number of hydrogen-bond acceptors (Lipinski definition) is 2. The number of carbonyl (C=O) groups excluding carboxylic acids is 2. The van der Waals surface area contributed by atoms with Gasteiger partial charge in [-0.15, -0.1) is 0 Å². The summed E-state index contributed by atoms with van der Waals surface area (Å²) < 4.78 is 0. The fourth-order valence-corrected chi connectivity index (χ4v) is 3.80. The smallest absolute Gasteiger partial charge is 0.243 e. The van der Waals surface area contributed by atoms with Gasteiger partial charge in [0.2, 0.25) is 11.8 Å². The molecule has 0 aliphatic rings. The van der Waals surface area contributed by atoms with Crippen LogP contribution >= 0.6 is 0 Å². The highest BCUT2D eigenvalue weighted by Gasteiger charge is 2.28. The molecule has 0 radical (unpaired) electrons. The van der Waals surface area contributed by atoms with E-state index >= 15 is 0 Å². The highest BCUT2D eigenvalue weighted by molar-refractivity contribution is 5.88. The molecule has 0 heterocycles. The molecule has 0 aliphatic carbocycles. The van der Waals surface area contributed by atoms with Gasteiger partial charge < -0.3 is 10.2 Å². The van der Waals surface area contributed by atoms with Crippen molar-refractivity contribution in [2.24, 2.45) is 0 Å². The molecule has 174 valence electrons. The average molecular weight is 437 g/mol. The largest absolute Gasteiger partial charge is 0.352 e. The summed E-state index contributed by atoms with van der Waals surface area (Å²) in [5, 5.41) is 3.07. The molecule has 2 atom stereocenters. The van der Waals surface area contributed by atoms with Crippen molar-refractivity contribution < 1.29 is 9.59 Å². The van der Waals surface area contributed by atoms with Gasteiger partial charge in [-0.1, -0.05) is 82.3 Å². The molecule has 0 saturated heterocycles. The first-order valence-electron chi connectivity index (χ1n) is 12.1. The van der Waals surface area contributed by atoms with Gasteiger partial charge in [-0.25, -0.2) is 0 Å². The van der Waals surface area contributed by atoms with Crippen LogP contribution in [-0.4, -0.2) is 35.3 Å². The predicted octanol–water partition coefficient (Wildman–Crippen LogP) is 5.51. The van der Waals surface area contributed by atoms with Gasteiger partial charge in [-0.3, -0.25) is 9.59 Å². The van der Waals surface area contributed by atoms with Crippen molar-refractivity contribution in [3.8, 4) is 0 Å². The summed E-state index contributed by atoms with van der Waals surface area (Å²) in [6.45, 7) is 10.9. The Morgan fingerprint density at radius 1 is 0.844 bits per heavy atom. The van der Waals surface area contributed by atoms with Gasteiger partial charge in [0.25, 0.3) is 0 Å². The van der Waals surface area contributed by atoms with Crippen LogP contribution in [0.5, 0.6) is 0 Å². The molecule has 0 aliphatic heterocycles. The molecule has 0 saturated carbocycles. The molecule has 32 heavy (non-hydrogen) atoms. The number of rotatable bonds is 12. The Hall–Kier alpha value is -2.62. The second-order valence-corrected chi connectivity index (χ2v) is 8.96. The first-order valence-corrected chi connectivity index (χ1v) is 12.1. The van der Waals surface area contributed by atoms with Gasteiger partial charge >= 0.3 is 0 Å². The van der Waals surface area contributed by atoms with Gasteiger partial charge in [0.05, 0.1) is 0 Å². The Balaban J connectivity index is 2.11. The summed E-state index contributed by atoms with van der Waals surface area (Å²) in [4.78, 5) is 28.1. The van der Waals surface area contributed by atoms with E-state index in [9.17, 15) is 9.59 Å². The molecule has 2 aromatic rings. The van der Waals surface area contributed by atoms with E-state index in [1.54, 1.807) is 4.90 Å². The first-order chi connectivity index (χ1) is 15.3. The van der Waals surface area contributed by atoms with E-state index in [1.807, 2.05) is 32.0 Å². The van der Waals surface area contributed by atoms with Gasteiger partial charge in [-0.05, 0) is 55.2 Å². The van der Waals surface area contributed by atoms with Crippen LogP contribution in [0.1, 0.15) is 76.5 Å². The zero-order chi connectivity index (χ0) is 23.5. The van der Waals surface area contributed by atoms with Gasteiger partial charge in [0, 0.05) is 19.0 Å². The predicted molar refractivity (Wildman–Crippen MR) is 133 cm³/mol. The molecular weight excluding hydrogens is 396 g/mol. The van der Waals surface area contributed by atoms with Crippen LogP contribution in [0.15, 0.2) is 54.6 Å². The minimum atomic E-state index is -0.441. The molecule has 2 rings (SSSR count). The van der Waals surface area contributed by atoms with Crippen LogP contribution < -0.4 is 5.32 Å². The number of amides is 2. The summed E-state index contributed by atoms with van der Waals surface area (Å²) in [5.74, 6) is 0.484. The van der Waals surface area contributed by atoms with Crippen molar-refractivity contribution in [2.45, 2.75) is 84.7 Å². The van der Waals surface area contributed by atoms with Crippen molar-refractivity contribution in [2.75, 3.05) is 6.54 Å². The standard InChI is InChI=1S/C28H40N2O2/c1-6-22(5)29-28(32)26(7-2)30(20-19-23-11-9-8-10-12-23)27(31)18-15-24-13-16-25(17-14-24)21(3)4/h8-14,16-17,21-22,26H,6-7,15,18-20H2,1-5H3,(H,29,32)/t22-,26+/m1/s1. The quantitative estimate of drug-likeness (QED) is 0.477. The average Bonchev–Trinajstić information content (AvgIpc) is 2.80. The van der Waals surface area contributed by atoms with Crippen LogP contribution in [0.25, 0.3) is 0 Å². The maximum absolute atomic E-state index is 13.3. The van der Waals surface area contributed by atoms with E-state index in [2.05, 4.69) is 62.5 Å². The number of nitrogens with zero attached hydrogens (tertiary/aromatic N) is 1. The van der Waals surface area contributed by atoms with Crippen LogP contribution in [-0.2, 0) is 22.4 Å². The summed E-state index contributed by atoms with van der Waals surface area (Å²) >= 11 is 0. The third kappa shape index (κ3) is 7.81. The van der Waals surface area contributed by atoms with Crippen molar-refractivity contribution in [1.29, 1.82) is 0 Å². The van der Waals surface area contributed by atoms with Gasteiger partial charge in [-0.2, -0.15) is 0 Å². The second-order valence-electron chi connectivity index (χ2n) is 8.96. The molecule has 0 fully saturated rings. The zero-order valence-corrected chi connectivity index (χ0v) is 20.4. The zero-order valence-electron chi connectivity index (χ0n) is 20.4. The van der Waals surface area contributed by atoms with Crippen molar-refractivity contribution in [3.05, 3.63) is 71.3 Å². The van der Waals surface area contributed by atoms with Crippen LogP contribution in [0.2, 0.25) is 0 Å². The third-order valence-electron chi connectivity index (χ3n) is 6.15. The maximum atomic E-state index is 13.3. The number of hydrogen-bond donors (Lipinski definition) is 1. The Bertz CT molecular complexity index is 830. The minimum absolute atomic E-state index is 0.0417. The normalized spacial score (nSPS) is 12.9. The Morgan fingerprint density at radius 2 is 1.47 bits per heavy atom. The topological polar surface area (TPSA) is 49.4 Å². The third-order valence-corrected chi connectivity index (χ3v) is 6.15. The van der Waals surface area contributed by atoms with Crippen molar-refractivity contribution in [3.63, 3.8) is 0 Å². The molecule has 2 aromatic carbocycles. The van der Waals surface area contributed by atoms with Crippen LogP contribution in [0.4, 0.5) is 0 Å². The summed E-state index contributed by atoms with van der Waals surface area (Å²) in [6.07, 6.45) is 3.30. The molecule has 0 bridgehead atoms. The molecule has 1 N–H and O–H groups in total.